The van der Waals surface area contributed by atoms with Crippen LogP contribution in [0.5, 0.6) is 0 Å². The highest BCUT2D eigenvalue weighted by Gasteiger charge is 2.36. The van der Waals surface area contributed by atoms with E-state index < -0.39 is 0 Å². The molecule has 0 aromatic rings. The van der Waals surface area contributed by atoms with Crippen LogP contribution in [0.4, 0.5) is 0 Å². The zero-order chi connectivity index (χ0) is 12.3. The lowest BCUT2D eigenvalue weighted by molar-refractivity contribution is -0.138. The molecule has 0 bridgehead atoms. The van der Waals surface area contributed by atoms with Crippen LogP contribution in [0.1, 0.15) is 46.0 Å². The Bertz CT molecular complexity index is 257. The fourth-order valence-corrected chi connectivity index (χ4v) is 2.89. The molecule has 1 aliphatic carbocycles. The topological polar surface area (TPSA) is 32.3 Å². The largest absolute Gasteiger partial charge is 0.339 e. The Kier molecular flexibility index (Phi) is 4.43. The lowest BCUT2D eigenvalue weighted by Gasteiger charge is -2.36. The SMILES string of the molecule is CCCN(C(=O)C(C)C1CC1)C1CCNCC1. The maximum absolute atomic E-state index is 12.5. The molecule has 1 saturated heterocycles. The Labute approximate surface area is 105 Å². The van der Waals surface area contributed by atoms with Crippen LogP contribution in [0.2, 0.25) is 0 Å². The average Bonchev–Trinajstić information content (AvgIpc) is 3.19. The van der Waals surface area contributed by atoms with Gasteiger partial charge in [-0.15, -0.1) is 0 Å². The van der Waals surface area contributed by atoms with Gasteiger partial charge in [-0.25, -0.2) is 0 Å². The molecule has 3 nitrogen and oxygen atoms in total. The third-order valence-electron chi connectivity index (χ3n) is 4.22. The van der Waals surface area contributed by atoms with Crippen LogP contribution >= 0.6 is 0 Å². The van der Waals surface area contributed by atoms with Crippen molar-refractivity contribution in [2.24, 2.45) is 11.8 Å². The Morgan fingerprint density at radius 1 is 1.29 bits per heavy atom. The number of amides is 1. The van der Waals surface area contributed by atoms with Crippen molar-refractivity contribution in [1.82, 2.24) is 10.2 Å². The van der Waals surface area contributed by atoms with Gasteiger partial charge in [0, 0.05) is 18.5 Å². The Hall–Kier alpha value is -0.570. The van der Waals surface area contributed by atoms with E-state index in [0.717, 1.165) is 38.9 Å². The van der Waals surface area contributed by atoms with Crippen molar-refractivity contribution in [1.29, 1.82) is 0 Å². The number of hydrogen-bond acceptors (Lipinski definition) is 2. The second-order valence-electron chi connectivity index (χ2n) is 5.64. The van der Waals surface area contributed by atoms with E-state index in [2.05, 4.69) is 24.1 Å². The van der Waals surface area contributed by atoms with Gasteiger partial charge in [0.1, 0.15) is 0 Å². The summed E-state index contributed by atoms with van der Waals surface area (Å²) in [4.78, 5) is 14.7. The van der Waals surface area contributed by atoms with Crippen LogP contribution in [-0.2, 0) is 4.79 Å². The van der Waals surface area contributed by atoms with E-state index in [1.54, 1.807) is 0 Å². The molecule has 1 aliphatic heterocycles. The molecule has 3 heteroatoms. The number of nitrogens with zero attached hydrogens (tertiary/aromatic N) is 1. The first-order valence-corrected chi connectivity index (χ1v) is 7.25. The van der Waals surface area contributed by atoms with Crippen molar-refractivity contribution in [2.75, 3.05) is 19.6 Å². The number of carbonyl (C=O) groups excluding carboxylic acids is 1. The normalized spacial score (nSPS) is 23.4. The van der Waals surface area contributed by atoms with Crippen LogP contribution in [-0.4, -0.2) is 36.5 Å². The standard InChI is InChI=1S/C14H26N2O/c1-3-10-16(13-6-8-15-9-7-13)14(17)11(2)12-4-5-12/h11-13,15H,3-10H2,1-2H3. The predicted molar refractivity (Wildman–Crippen MR) is 69.8 cm³/mol. The molecule has 17 heavy (non-hydrogen) atoms. The van der Waals surface area contributed by atoms with E-state index in [0.29, 0.717) is 17.9 Å². The maximum atomic E-state index is 12.5. The molecule has 0 radical (unpaired) electrons. The van der Waals surface area contributed by atoms with Crippen molar-refractivity contribution in [2.45, 2.75) is 52.0 Å². The molecule has 2 fully saturated rings. The minimum absolute atomic E-state index is 0.261. The van der Waals surface area contributed by atoms with Gasteiger partial charge in [-0.2, -0.15) is 0 Å². The number of nitrogens with one attached hydrogen (secondary N) is 1. The summed E-state index contributed by atoms with van der Waals surface area (Å²) in [6, 6.07) is 0.491. The minimum atomic E-state index is 0.261. The van der Waals surface area contributed by atoms with Gasteiger partial charge in [-0.1, -0.05) is 13.8 Å². The van der Waals surface area contributed by atoms with Gasteiger partial charge in [0.25, 0.3) is 0 Å². The van der Waals surface area contributed by atoms with Crippen molar-refractivity contribution < 1.29 is 4.79 Å². The third-order valence-corrected chi connectivity index (χ3v) is 4.22. The summed E-state index contributed by atoms with van der Waals surface area (Å²) >= 11 is 0. The molecule has 1 N–H and O–H groups in total. The summed E-state index contributed by atoms with van der Waals surface area (Å²) in [6.45, 7) is 7.37. The third kappa shape index (κ3) is 3.21. The van der Waals surface area contributed by atoms with Gasteiger partial charge in [0.15, 0.2) is 0 Å². The molecular weight excluding hydrogens is 212 g/mol. The molecule has 98 valence electrons. The highest BCUT2D eigenvalue weighted by molar-refractivity contribution is 5.79. The number of hydrogen-bond donors (Lipinski definition) is 1. The van der Waals surface area contributed by atoms with Gasteiger partial charge < -0.3 is 10.2 Å². The van der Waals surface area contributed by atoms with E-state index in [1.165, 1.54) is 12.8 Å². The van der Waals surface area contributed by atoms with E-state index in [-0.39, 0.29) is 5.92 Å². The predicted octanol–water partition coefficient (Wildman–Crippen LogP) is 2.02. The van der Waals surface area contributed by atoms with Crippen LogP contribution in [0.3, 0.4) is 0 Å². The first-order chi connectivity index (χ1) is 8.24. The summed E-state index contributed by atoms with van der Waals surface area (Å²) in [5.41, 5.74) is 0. The first kappa shape index (κ1) is 12.9. The highest BCUT2D eigenvalue weighted by atomic mass is 16.2. The summed E-state index contributed by atoms with van der Waals surface area (Å²) in [6.07, 6.45) is 5.86. The lowest BCUT2D eigenvalue weighted by Crippen LogP contribution is -2.48. The second kappa shape index (κ2) is 5.85. The first-order valence-electron chi connectivity index (χ1n) is 7.25. The molecule has 0 aromatic carbocycles. The average molecular weight is 238 g/mol. The Morgan fingerprint density at radius 2 is 1.94 bits per heavy atom. The van der Waals surface area contributed by atoms with Gasteiger partial charge in [0.2, 0.25) is 5.91 Å². The summed E-state index contributed by atoms with van der Waals surface area (Å²) in [7, 11) is 0. The molecular formula is C14H26N2O. The van der Waals surface area contributed by atoms with Crippen molar-refractivity contribution in [3.63, 3.8) is 0 Å². The number of rotatable bonds is 5. The quantitative estimate of drug-likeness (QED) is 0.795. The zero-order valence-electron chi connectivity index (χ0n) is 11.2. The fourth-order valence-electron chi connectivity index (χ4n) is 2.89. The number of piperidine rings is 1. The van der Waals surface area contributed by atoms with Crippen molar-refractivity contribution >= 4 is 5.91 Å². The monoisotopic (exact) mass is 238 g/mol. The molecule has 2 aliphatic rings. The molecule has 0 aromatic heterocycles. The molecule has 1 amide bonds. The fraction of sp³-hybridized carbons (Fsp3) is 0.929. The highest BCUT2D eigenvalue weighted by Crippen LogP contribution is 2.37. The Balaban J connectivity index is 1.96. The molecule has 2 rings (SSSR count). The summed E-state index contributed by atoms with van der Waals surface area (Å²) in [5.74, 6) is 1.36. The molecule has 1 unspecified atom stereocenters. The van der Waals surface area contributed by atoms with E-state index in [9.17, 15) is 4.79 Å². The van der Waals surface area contributed by atoms with Gasteiger partial charge in [-0.05, 0) is 51.1 Å². The minimum Gasteiger partial charge on any atom is -0.339 e. The second-order valence-corrected chi connectivity index (χ2v) is 5.64. The molecule has 0 spiro atoms. The van der Waals surface area contributed by atoms with Crippen molar-refractivity contribution in [3.05, 3.63) is 0 Å². The van der Waals surface area contributed by atoms with Crippen LogP contribution < -0.4 is 5.32 Å². The Morgan fingerprint density at radius 3 is 2.47 bits per heavy atom. The smallest absolute Gasteiger partial charge is 0.225 e. The lowest BCUT2D eigenvalue weighted by atomic mass is 9.99. The summed E-state index contributed by atoms with van der Waals surface area (Å²) in [5, 5.41) is 3.38. The van der Waals surface area contributed by atoms with Crippen LogP contribution in [0.25, 0.3) is 0 Å². The molecule has 1 heterocycles. The van der Waals surface area contributed by atoms with Crippen molar-refractivity contribution in [3.8, 4) is 0 Å². The van der Waals surface area contributed by atoms with Crippen LogP contribution in [0, 0.1) is 11.8 Å². The zero-order valence-corrected chi connectivity index (χ0v) is 11.2. The van der Waals surface area contributed by atoms with Gasteiger partial charge in [-0.3, -0.25) is 4.79 Å². The summed E-state index contributed by atoms with van der Waals surface area (Å²) < 4.78 is 0. The van der Waals surface area contributed by atoms with Gasteiger partial charge in [0.05, 0.1) is 0 Å². The van der Waals surface area contributed by atoms with E-state index in [1.807, 2.05) is 0 Å². The maximum Gasteiger partial charge on any atom is 0.225 e. The number of carbonyl (C=O) groups is 1. The molecule has 1 saturated carbocycles. The van der Waals surface area contributed by atoms with E-state index >= 15 is 0 Å². The van der Waals surface area contributed by atoms with Gasteiger partial charge >= 0.3 is 0 Å². The van der Waals surface area contributed by atoms with E-state index in [4.69, 9.17) is 0 Å². The molecule has 1 atom stereocenters. The van der Waals surface area contributed by atoms with Crippen LogP contribution in [0.15, 0.2) is 0 Å².